The van der Waals surface area contributed by atoms with E-state index in [-0.39, 0.29) is 21.0 Å². The Labute approximate surface area is 113 Å². The number of carbonyl (C=O) groups excluding carboxylic acids is 1. The first-order valence-corrected chi connectivity index (χ1v) is 6.32. The zero-order chi connectivity index (χ0) is 12.4. The second kappa shape index (κ2) is 5.12. The van der Waals surface area contributed by atoms with E-state index in [1.54, 1.807) is 6.07 Å². The van der Waals surface area contributed by atoms with Crippen LogP contribution in [-0.4, -0.2) is 11.3 Å². The number of hydrogen-bond acceptors (Lipinski definition) is 4. The molecule has 0 amide bonds. The molecule has 0 aliphatic rings. The van der Waals surface area contributed by atoms with Crippen molar-refractivity contribution in [1.82, 2.24) is 4.98 Å². The fourth-order valence-electron chi connectivity index (χ4n) is 1.10. The SMILES string of the molecule is O=Cc1sc(Oc2cc(F)cc(Br)c2)nc1Cl. The zero-order valence-electron chi connectivity index (χ0n) is 8.12. The van der Waals surface area contributed by atoms with Crippen molar-refractivity contribution in [3.8, 4) is 10.9 Å². The van der Waals surface area contributed by atoms with Gasteiger partial charge in [0.25, 0.3) is 5.19 Å². The van der Waals surface area contributed by atoms with Crippen LogP contribution in [0.1, 0.15) is 9.67 Å². The third-order valence-electron chi connectivity index (χ3n) is 1.74. The fourth-order valence-corrected chi connectivity index (χ4v) is 2.47. The van der Waals surface area contributed by atoms with E-state index in [0.29, 0.717) is 10.8 Å². The number of hydrogen-bond donors (Lipinski definition) is 0. The van der Waals surface area contributed by atoms with Crippen molar-refractivity contribution in [1.29, 1.82) is 0 Å². The highest BCUT2D eigenvalue weighted by atomic mass is 79.9. The van der Waals surface area contributed by atoms with E-state index in [1.807, 2.05) is 0 Å². The van der Waals surface area contributed by atoms with E-state index in [2.05, 4.69) is 20.9 Å². The van der Waals surface area contributed by atoms with Crippen molar-refractivity contribution in [2.75, 3.05) is 0 Å². The Morgan fingerprint density at radius 2 is 2.24 bits per heavy atom. The highest BCUT2D eigenvalue weighted by molar-refractivity contribution is 9.10. The summed E-state index contributed by atoms with van der Waals surface area (Å²) in [5.41, 5.74) is 0. The van der Waals surface area contributed by atoms with Gasteiger partial charge >= 0.3 is 0 Å². The van der Waals surface area contributed by atoms with Crippen LogP contribution in [-0.2, 0) is 0 Å². The van der Waals surface area contributed by atoms with Crippen LogP contribution >= 0.6 is 38.9 Å². The van der Waals surface area contributed by atoms with Gasteiger partial charge in [0.2, 0.25) is 0 Å². The monoisotopic (exact) mass is 335 g/mol. The van der Waals surface area contributed by atoms with Crippen molar-refractivity contribution >= 4 is 45.2 Å². The molecule has 3 nitrogen and oxygen atoms in total. The van der Waals surface area contributed by atoms with E-state index in [0.717, 1.165) is 11.3 Å². The molecular weight excluding hydrogens is 333 g/mol. The van der Waals surface area contributed by atoms with Crippen LogP contribution in [0.5, 0.6) is 10.9 Å². The summed E-state index contributed by atoms with van der Waals surface area (Å²) >= 11 is 9.81. The molecule has 88 valence electrons. The quantitative estimate of drug-likeness (QED) is 0.784. The Morgan fingerprint density at radius 1 is 1.47 bits per heavy atom. The van der Waals surface area contributed by atoms with Crippen molar-refractivity contribution in [3.63, 3.8) is 0 Å². The number of rotatable bonds is 3. The molecule has 1 aromatic heterocycles. The molecule has 1 aromatic carbocycles. The van der Waals surface area contributed by atoms with Gasteiger partial charge in [0.05, 0.1) is 0 Å². The lowest BCUT2D eigenvalue weighted by molar-refractivity contribution is 0.112. The Kier molecular flexibility index (Phi) is 3.76. The molecule has 0 atom stereocenters. The topological polar surface area (TPSA) is 39.2 Å². The molecule has 0 bridgehead atoms. The Morgan fingerprint density at radius 3 is 2.82 bits per heavy atom. The van der Waals surface area contributed by atoms with Gasteiger partial charge in [-0.25, -0.2) is 4.39 Å². The summed E-state index contributed by atoms with van der Waals surface area (Å²) in [5.74, 6) is -0.160. The largest absolute Gasteiger partial charge is 0.431 e. The second-order valence-corrected chi connectivity index (χ2v) is 5.23. The van der Waals surface area contributed by atoms with Gasteiger partial charge in [-0.05, 0) is 12.1 Å². The van der Waals surface area contributed by atoms with Crippen LogP contribution in [0.15, 0.2) is 22.7 Å². The van der Waals surface area contributed by atoms with Crippen molar-refractivity contribution < 1.29 is 13.9 Å². The summed E-state index contributed by atoms with van der Waals surface area (Å²) < 4.78 is 18.9. The van der Waals surface area contributed by atoms with Crippen LogP contribution < -0.4 is 4.74 Å². The molecule has 0 saturated carbocycles. The van der Waals surface area contributed by atoms with Crippen molar-refractivity contribution in [3.05, 3.63) is 38.5 Å². The molecule has 0 N–H and O–H groups in total. The van der Waals surface area contributed by atoms with E-state index in [9.17, 15) is 9.18 Å². The number of benzene rings is 1. The van der Waals surface area contributed by atoms with Crippen LogP contribution in [0.2, 0.25) is 5.15 Å². The maximum atomic E-state index is 13.1. The summed E-state index contributed by atoms with van der Waals surface area (Å²) in [6.07, 6.45) is 0.592. The lowest BCUT2D eigenvalue weighted by Gasteiger charge is -2.01. The van der Waals surface area contributed by atoms with E-state index in [1.165, 1.54) is 12.1 Å². The van der Waals surface area contributed by atoms with Crippen LogP contribution in [0, 0.1) is 5.82 Å². The number of carbonyl (C=O) groups is 1. The van der Waals surface area contributed by atoms with Gasteiger partial charge in [-0.1, -0.05) is 38.9 Å². The first kappa shape index (κ1) is 12.5. The van der Waals surface area contributed by atoms with E-state index in [4.69, 9.17) is 16.3 Å². The van der Waals surface area contributed by atoms with Gasteiger partial charge in [0, 0.05) is 10.5 Å². The molecule has 2 aromatic rings. The third kappa shape index (κ3) is 3.02. The molecule has 0 aliphatic carbocycles. The maximum Gasteiger partial charge on any atom is 0.280 e. The number of aldehydes is 1. The number of thiazole rings is 1. The molecule has 1 heterocycles. The molecule has 17 heavy (non-hydrogen) atoms. The molecule has 0 saturated heterocycles. The molecule has 0 unspecified atom stereocenters. The van der Waals surface area contributed by atoms with Crippen LogP contribution in [0.4, 0.5) is 4.39 Å². The van der Waals surface area contributed by atoms with Gasteiger partial charge in [0.1, 0.15) is 16.4 Å². The average molecular weight is 337 g/mol. The lowest BCUT2D eigenvalue weighted by Crippen LogP contribution is -1.84. The second-order valence-electron chi connectivity index (χ2n) is 2.96. The van der Waals surface area contributed by atoms with E-state index < -0.39 is 5.82 Å². The molecule has 0 fully saturated rings. The number of nitrogens with zero attached hydrogens (tertiary/aromatic N) is 1. The first-order chi connectivity index (χ1) is 8.08. The Hall–Kier alpha value is -0.980. The minimum atomic E-state index is -0.437. The van der Waals surface area contributed by atoms with Gasteiger partial charge in [-0.15, -0.1) is 0 Å². The highest BCUT2D eigenvalue weighted by Crippen LogP contribution is 2.32. The summed E-state index contributed by atoms with van der Waals surface area (Å²) in [4.78, 5) is 14.7. The lowest BCUT2D eigenvalue weighted by atomic mass is 10.3. The number of halogens is 3. The fraction of sp³-hybridized carbons (Fsp3) is 0. The first-order valence-electron chi connectivity index (χ1n) is 4.34. The Bertz CT molecular complexity index is 555. The summed E-state index contributed by atoms with van der Waals surface area (Å²) in [5, 5.41) is 0.269. The van der Waals surface area contributed by atoms with Gasteiger partial charge in [0.15, 0.2) is 11.4 Å². The zero-order valence-corrected chi connectivity index (χ0v) is 11.3. The predicted octanol–water partition coefficient (Wildman–Crippen LogP) is 4.30. The maximum absolute atomic E-state index is 13.1. The molecule has 0 radical (unpaired) electrons. The summed E-state index contributed by atoms with van der Waals surface area (Å²) in [6, 6.07) is 4.10. The summed E-state index contributed by atoms with van der Waals surface area (Å²) in [6.45, 7) is 0. The minimum absolute atomic E-state index is 0.0791. The smallest absolute Gasteiger partial charge is 0.280 e. The standard InChI is InChI=1S/C10H4BrClFNO2S/c11-5-1-6(13)3-7(2-5)16-10-14-9(12)8(4-15)17-10/h1-4H. The highest BCUT2D eigenvalue weighted by Gasteiger charge is 2.11. The molecule has 7 heteroatoms. The summed E-state index contributed by atoms with van der Waals surface area (Å²) in [7, 11) is 0. The Balaban J connectivity index is 2.27. The molecule has 2 rings (SSSR count). The molecular formula is C10H4BrClFNO2S. The van der Waals surface area contributed by atoms with Gasteiger partial charge < -0.3 is 4.74 Å². The van der Waals surface area contributed by atoms with Crippen LogP contribution in [0.3, 0.4) is 0 Å². The van der Waals surface area contributed by atoms with Crippen molar-refractivity contribution in [2.45, 2.75) is 0 Å². The predicted molar refractivity (Wildman–Crippen MR) is 66.7 cm³/mol. The van der Waals surface area contributed by atoms with Gasteiger partial charge in [-0.3, -0.25) is 4.79 Å². The van der Waals surface area contributed by atoms with E-state index >= 15 is 0 Å². The third-order valence-corrected chi connectivity index (χ3v) is 3.46. The molecule has 0 aliphatic heterocycles. The minimum Gasteiger partial charge on any atom is -0.431 e. The van der Waals surface area contributed by atoms with Crippen LogP contribution in [0.25, 0.3) is 0 Å². The van der Waals surface area contributed by atoms with Gasteiger partial charge in [-0.2, -0.15) is 4.98 Å². The normalized spacial score (nSPS) is 10.3. The number of aromatic nitrogens is 1. The number of ether oxygens (including phenoxy) is 1. The average Bonchev–Trinajstić information content (AvgIpc) is 2.57. The van der Waals surface area contributed by atoms with Crippen molar-refractivity contribution in [2.24, 2.45) is 0 Å². The molecule has 0 spiro atoms.